The third kappa shape index (κ3) is 1.92. The van der Waals surface area contributed by atoms with E-state index in [0.717, 1.165) is 24.2 Å². The topological polar surface area (TPSA) is 49.5 Å². The molecule has 1 aromatic carbocycles. The summed E-state index contributed by atoms with van der Waals surface area (Å²) in [7, 11) is 0. The summed E-state index contributed by atoms with van der Waals surface area (Å²) in [6.45, 7) is 5.53. The number of anilines is 2. The normalized spacial score (nSPS) is 16.6. The van der Waals surface area contributed by atoms with E-state index in [-0.39, 0.29) is 6.10 Å². The molecule has 1 unspecified atom stereocenters. The van der Waals surface area contributed by atoms with Crippen molar-refractivity contribution in [3.05, 3.63) is 23.3 Å². The van der Waals surface area contributed by atoms with Gasteiger partial charge in [-0.3, -0.25) is 0 Å². The standard InChI is InChI=1S/C12H18N2O/c1-8-5-10-3-4-14(7-9(2)15)12(10)6-11(8)13/h5-6,9,15H,3-4,7,13H2,1-2H3. The highest BCUT2D eigenvalue weighted by Gasteiger charge is 2.20. The lowest BCUT2D eigenvalue weighted by atomic mass is 10.1. The van der Waals surface area contributed by atoms with Crippen molar-refractivity contribution < 1.29 is 5.11 Å². The molecule has 3 N–H and O–H groups in total. The minimum absolute atomic E-state index is 0.293. The number of fused-ring (bicyclic) bond motifs is 1. The number of nitrogen functional groups attached to an aromatic ring is 1. The quantitative estimate of drug-likeness (QED) is 0.717. The van der Waals surface area contributed by atoms with Gasteiger partial charge in [0.05, 0.1) is 6.10 Å². The minimum Gasteiger partial charge on any atom is -0.398 e. The van der Waals surface area contributed by atoms with E-state index in [1.165, 1.54) is 11.3 Å². The third-order valence-corrected chi connectivity index (χ3v) is 2.94. The monoisotopic (exact) mass is 206 g/mol. The van der Waals surface area contributed by atoms with Crippen LogP contribution in [-0.4, -0.2) is 24.3 Å². The van der Waals surface area contributed by atoms with Crippen LogP contribution in [0.4, 0.5) is 11.4 Å². The molecule has 0 spiro atoms. The van der Waals surface area contributed by atoms with Crippen LogP contribution in [0.25, 0.3) is 0 Å². The molecule has 1 atom stereocenters. The van der Waals surface area contributed by atoms with E-state index in [0.29, 0.717) is 6.54 Å². The van der Waals surface area contributed by atoms with Crippen molar-refractivity contribution in [2.24, 2.45) is 0 Å². The highest BCUT2D eigenvalue weighted by Crippen LogP contribution is 2.31. The van der Waals surface area contributed by atoms with Gasteiger partial charge in [0.2, 0.25) is 0 Å². The number of aliphatic hydroxyl groups excluding tert-OH is 1. The number of rotatable bonds is 2. The fraction of sp³-hybridized carbons (Fsp3) is 0.500. The fourth-order valence-corrected chi connectivity index (χ4v) is 2.15. The Morgan fingerprint density at radius 2 is 2.27 bits per heavy atom. The van der Waals surface area contributed by atoms with Crippen molar-refractivity contribution in [3.63, 3.8) is 0 Å². The van der Waals surface area contributed by atoms with Gasteiger partial charge in [0, 0.05) is 24.5 Å². The van der Waals surface area contributed by atoms with Gasteiger partial charge >= 0.3 is 0 Å². The Morgan fingerprint density at radius 3 is 2.93 bits per heavy atom. The van der Waals surface area contributed by atoms with E-state index in [9.17, 15) is 5.11 Å². The van der Waals surface area contributed by atoms with E-state index in [4.69, 9.17) is 5.73 Å². The largest absolute Gasteiger partial charge is 0.398 e. The summed E-state index contributed by atoms with van der Waals surface area (Å²) >= 11 is 0. The van der Waals surface area contributed by atoms with Gasteiger partial charge < -0.3 is 15.7 Å². The van der Waals surface area contributed by atoms with Crippen LogP contribution in [-0.2, 0) is 6.42 Å². The van der Waals surface area contributed by atoms with Gasteiger partial charge in [0.25, 0.3) is 0 Å². The van der Waals surface area contributed by atoms with Crippen LogP contribution in [0, 0.1) is 6.92 Å². The van der Waals surface area contributed by atoms with Crippen molar-refractivity contribution >= 4 is 11.4 Å². The molecule has 1 aromatic rings. The van der Waals surface area contributed by atoms with E-state index >= 15 is 0 Å². The summed E-state index contributed by atoms with van der Waals surface area (Å²) < 4.78 is 0. The van der Waals surface area contributed by atoms with Gasteiger partial charge in [-0.25, -0.2) is 0 Å². The molecule has 0 saturated heterocycles. The number of aliphatic hydroxyl groups is 1. The zero-order chi connectivity index (χ0) is 11.0. The lowest BCUT2D eigenvalue weighted by Crippen LogP contribution is -2.29. The van der Waals surface area contributed by atoms with Crippen LogP contribution in [0.3, 0.4) is 0 Å². The first-order valence-corrected chi connectivity index (χ1v) is 5.40. The zero-order valence-electron chi connectivity index (χ0n) is 9.33. The molecule has 3 nitrogen and oxygen atoms in total. The molecule has 3 heteroatoms. The summed E-state index contributed by atoms with van der Waals surface area (Å²) in [4.78, 5) is 2.20. The maximum atomic E-state index is 9.39. The van der Waals surface area contributed by atoms with Crippen LogP contribution in [0.5, 0.6) is 0 Å². The molecule has 1 aliphatic rings. The number of hydrogen-bond acceptors (Lipinski definition) is 3. The second-order valence-corrected chi connectivity index (χ2v) is 4.38. The highest BCUT2D eigenvalue weighted by atomic mass is 16.3. The Morgan fingerprint density at radius 1 is 1.53 bits per heavy atom. The van der Waals surface area contributed by atoms with Gasteiger partial charge in [-0.2, -0.15) is 0 Å². The van der Waals surface area contributed by atoms with E-state index in [2.05, 4.69) is 11.0 Å². The Labute approximate surface area is 90.5 Å². The maximum absolute atomic E-state index is 9.39. The van der Waals surface area contributed by atoms with E-state index < -0.39 is 0 Å². The van der Waals surface area contributed by atoms with Crippen LogP contribution in [0.1, 0.15) is 18.1 Å². The van der Waals surface area contributed by atoms with Gasteiger partial charge in [0.15, 0.2) is 0 Å². The lowest BCUT2D eigenvalue weighted by molar-refractivity contribution is 0.200. The van der Waals surface area contributed by atoms with Crippen molar-refractivity contribution in [2.45, 2.75) is 26.4 Å². The smallest absolute Gasteiger partial charge is 0.0687 e. The SMILES string of the molecule is Cc1cc2c(cc1N)N(CC(C)O)CC2. The lowest BCUT2D eigenvalue weighted by Gasteiger charge is -2.21. The second-order valence-electron chi connectivity index (χ2n) is 4.38. The molecule has 1 heterocycles. The second kappa shape index (κ2) is 3.74. The van der Waals surface area contributed by atoms with Gasteiger partial charge in [-0.15, -0.1) is 0 Å². The van der Waals surface area contributed by atoms with Crippen LogP contribution >= 0.6 is 0 Å². The van der Waals surface area contributed by atoms with Gasteiger partial charge in [0.1, 0.15) is 0 Å². The van der Waals surface area contributed by atoms with Crippen LogP contribution in [0.2, 0.25) is 0 Å². The molecule has 15 heavy (non-hydrogen) atoms. The molecular formula is C12H18N2O. The van der Waals surface area contributed by atoms with E-state index in [1.807, 2.05) is 19.9 Å². The molecular weight excluding hydrogens is 188 g/mol. The number of hydrogen-bond donors (Lipinski definition) is 2. The van der Waals surface area contributed by atoms with Crippen LogP contribution < -0.4 is 10.6 Å². The number of β-amino-alcohol motifs (C(OH)–C–C–N with tert-alkyl or cyclic N) is 1. The zero-order valence-corrected chi connectivity index (χ0v) is 9.33. The Kier molecular flexibility index (Phi) is 2.57. The fourth-order valence-electron chi connectivity index (χ4n) is 2.15. The van der Waals surface area contributed by atoms with Crippen molar-refractivity contribution in [1.82, 2.24) is 0 Å². The summed E-state index contributed by atoms with van der Waals surface area (Å²) in [5, 5.41) is 9.39. The Bertz CT molecular complexity index is 374. The summed E-state index contributed by atoms with van der Waals surface area (Å²) in [5.41, 5.74) is 10.4. The molecule has 0 saturated carbocycles. The minimum atomic E-state index is -0.293. The van der Waals surface area contributed by atoms with Crippen molar-refractivity contribution in [1.29, 1.82) is 0 Å². The average Bonchev–Trinajstić information content (AvgIpc) is 2.49. The molecule has 1 aliphatic heterocycles. The maximum Gasteiger partial charge on any atom is 0.0687 e. The molecule has 0 aliphatic carbocycles. The number of nitrogens with zero attached hydrogens (tertiary/aromatic N) is 1. The predicted octanol–water partition coefficient (Wildman–Crippen LogP) is 1.32. The molecule has 0 radical (unpaired) electrons. The number of benzene rings is 1. The summed E-state index contributed by atoms with van der Waals surface area (Å²) in [5.74, 6) is 0. The molecule has 0 bridgehead atoms. The molecule has 0 aromatic heterocycles. The Balaban J connectivity index is 2.30. The molecule has 0 fully saturated rings. The number of aryl methyl sites for hydroxylation is 1. The first kappa shape index (κ1) is 10.3. The average molecular weight is 206 g/mol. The number of nitrogens with two attached hydrogens (primary N) is 1. The summed E-state index contributed by atoms with van der Waals surface area (Å²) in [6.07, 6.45) is 0.766. The molecule has 0 amide bonds. The van der Waals surface area contributed by atoms with E-state index in [1.54, 1.807) is 0 Å². The first-order valence-electron chi connectivity index (χ1n) is 5.40. The van der Waals surface area contributed by atoms with Crippen molar-refractivity contribution in [2.75, 3.05) is 23.7 Å². The Hall–Kier alpha value is -1.22. The molecule has 2 rings (SSSR count). The predicted molar refractivity (Wildman–Crippen MR) is 63.2 cm³/mol. The van der Waals surface area contributed by atoms with Gasteiger partial charge in [-0.1, -0.05) is 6.07 Å². The third-order valence-electron chi connectivity index (χ3n) is 2.94. The van der Waals surface area contributed by atoms with Crippen LogP contribution in [0.15, 0.2) is 12.1 Å². The molecule has 82 valence electrons. The highest BCUT2D eigenvalue weighted by molar-refractivity contribution is 5.67. The summed E-state index contributed by atoms with van der Waals surface area (Å²) in [6, 6.07) is 4.19. The first-order chi connectivity index (χ1) is 7.08. The van der Waals surface area contributed by atoms with Gasteiger partial charge in [-0.05, 0) is 37.5 Å². The van der Waals surface area contributed by atoms with Crippen molar-refractivity contribution in [3.8, 4) is 0 Å².